The van der Waals surface area contributed by atoms with Crippen LogP contribution in [0.3, 0.4) is 0 Å². The molecule has 1 amide bonds. The molecule has 0 saturated heterocycles. The Morgan fingerprint density at radius 3 is 2.32 bits per heavy atom. The van der Waals surface area contributed by atoms with Crippen LogP contribution in [0, 0.1) is 17.8 Å². The van der Waals surface area contributed by atoms with Gasteiger partial charge < -0.3 is 10.6 Å². The standard InChI is InChI=1S/C18H26N2OS/c1-20(15-6-8-16(22-2)9-7-15)18(21)14-10-12-4-3-5-13(11-14)17(12)19/h6-9,12-14,17H,3-5,10-11,19H2,1-2H3. The third-order valence-electron chi connectivity index (χ3n) is 5.55. The molecule has 3 nitrogen and oxygen atoms in total. The number of hydrogen-bond donors (Lipinski definition) is 1. The second kappa shape index (κ2) is 6.63. The van der Waals surface area contributed by atoms with Crippen molar-refractivity contribution in [1.29, 1.82) is 0 Å². The molecule has 0 aliphatic heterocycles. The number of amides is 1. The van der Waals surface area contributed by atoms with Crippen molar-refractivity contribution in [2.45, 2.75) is 43.0 Å². The molecule has 2 fully saturated rings. The number of carbonyl (C=O) groups excluding carboxylic acids is 1. The fourth-order valence-electron chi connectivity index (χ4n) is 4.20. The zero-order valence-electron chi connectivity index (χ0n) is 13.5. The molecule has 2 N–H and O–H groups in total. The van der Waals surface area contributed by atoms with Crippen molar-refractivity contribution >= 4 is 23.4 Å². The van der Waals surface area contributed by atoms with Crippen LogP contribution in [0.1, 0.15) is 32.1 Å². The molecule has 0 radical (unpaired) electrons. The molecule has 2 atom stereocenters. The number of nitrogens with zero attached hydrogens (tertiary/aromatic N) is 1. The van der Waals surface area contributed by atoms with Crippen molar-refractivity contribution in [2.75, 3.05) is 18.2 Å². The average Bonchev–Trinajstić information content (AvgIpc) is 2.53. The Kier molecular flexibility index (Phi) is 4.79. The van der Waals surface area contributed by atoms with Crippen LogP contribution < -0.4 is 10.6 Å². The molecule has 1 aromatic rings. The predicted molar refractivity (Wildman–Crippen MR) is 93.2 cm³/mol. The molecule has 2 unspecified atom stereocenters. The molecule has 2 aliphatic carbocycles. The van der Waals surface area contributed by atoms with E-state index in [4.69, 9.17) is 5.73 Å². The minimum Gasteiger partial charge on any atom is -0.327 e. The van der Waals surface area contributed by atoms with Gasteiger partial charge in [-0.15, -0.1) is 11.8 Å². The zero-order chi connectivity index (χ0) is 15.7. The van der Waals surface area contributed by atoms with Crippen LogP contribution >= 0.6 is 11.8 Å². The molecule has 3 rings (SSSR count). The first-order valence-electron chi connectivity index (χ1n) is 8.27. The number of benzene rings is 1. The van der Waals surface area contributed by atoms with E-state index in [9.17, 15) is 4.79 Å². The smallest absolute Gasteiger partial charge is 0.229 e. The number of nitrogens with two attached hydrogens (primary N) is 1. The van der Waals surface area contributed by atoms with E-state index in [1.54, 1.807) is 11.8 Å². The minimum absolute atomic E-state index is 0.153. The fraction of sp³-hybridized carbons (Fsp3) is 0.611. The van der Waals surface area contributed by atoms with Crippen molar-refractivity contribution < 1.29 is 4.79 Å². The van der Waals surface area contributed by atoms with E-state index in [0.717, 1.165) is 18.5 Å². The van der Waals surface area contributed by atoms with E-state index >= 15 is 0 Å². The van der Waals surface area contributed by atoms with Crippen LogP contribution in [0.5, 0.6) is 0 Å². The van der Waals surface area contributed by atoms with Crippen molar-refractivity contribution in [2.24, 2.45) is 23.5 Å². The second-order valence-corrected chi connectivity index (χ2v) is 7.67. The highest BCUT2D eigenvalue weighted by molar-refractivity contribution is 7.98. The molecule has 4 heteroatoms. The molecule has 2 saturated carbocycles. The quantitative estimate of drug-likeness (QED) is 0.867. The van der Waals surface area contributed by atoms with E-state index in [1.807, 2.05) is 24.1 Å². The van der Waals surface area contributed by atoms with Crippen molar-refractivity contribution in [3.63, 3.8) is 0 Å². The summed E-state index contributed by atoms with van der Waals surface area (Å²) in [5.74, 6) is 1.52. The maximum Gasteiger partial charge on any atom is 0.229 e. The molecule has 2 aliphatic rings. The van der Waals surface area contributed by atoms with Crippen LogP contribution in [0.2, 0.25) is 0 Å². The van der Waals surface area contributed by atoms with E-state index < -0.39 is 0 Å². The zero-order valence-corrected chi connectivity index (χ0v) is 14.3. The lowest BCUT2D eigenvalue weighted by Crippen LogP contribution is -2.49. The van der Waals surface area contributed by atoms with Gasteiger partial charge in [0.1, 0.15) is 0 Å². The Labute approximate surface area is 137 Å². The topological polar surface area (TPSA) is 46.3 Å². The summed E-state index contributed by atoms with van der Waals surface area (Å²) in [5, 5.41) is 0. The maximum absolute atomic E-state index is 12.9. The minimum atomic E-state index is 0.153. The lowest BCUT2D eigenvalue weighted by atomic mass is 9.65. The van der Waals surface area contributed by atoms with Crippen LogP contribution in [0.25, 0.3) is 0 Å². The van der Waals surface area contributed by atoms with Crippen molar-refractivity contribution in [3.05, 3.63) is 24.3 Å². The van der Waals surface area contributed by atoms with Gasteiger partial charge in [-0.3, -0.25) is 4.79 Å². The molecule has 0 spiro atoms. The predicted octanol–water partition coefficient (Wildman–Crippen LogP) is 3.52. The molecular weight excluding hydrogens is 292 g/mol. The molecule has 22 heavy (non-hydrogen) atoms. The first-order chi connectivity index (χ1) is 10.6. The normalized spacial score (nSPS) is 30.9. The lowest BCUT2D eigenvalue weighted by Gasteiger charge is -2.44. The lowest BCUT2D eigenvalue weighted by molar-refractivity contribution is -0.124. The number of fused-ring (bicyclic) bond motifs is 2. The Bertz CT molecular complexity index is 516. The third-order valence-corrected chi connectivity index (χ3v) is 6.30. The summed E-state index contributed by atoms with van der Waals surface area (Å²) in [7, 11) is 1.90. The molecular formula is C18H26N2OS. The largest absolute Gasteiger partial charge is 0.327 e. The highest BCUT2D eigenvalue weighted by atomic mass is 32.2. The Balaban J connectivity index is 1.70. The highest BCUT2D eigenvalue weighted by Gasteiger charge is 2.41. The molecule has 120 valence electrons. The first kappa shape index (κ1) is 15.9. The molecule has 2 bridgehead atoms. The fourth-order valence-corrected chi connectivity index (χ4v) is 4.61. The summed E-state index contributed by atoms with van der Waals surface area (Å²) in [4.78, 5) is 15.9. The molecule has 1 aromatic carbocycles. The van der Waals surface area contributed by atoms with E-state index in [0.29, 0.717) is 17.9 Å². The summed E-state index contributed by atoms with van der Waals surface area (Å²) in [5.41, 5.74) is 7.33. The summed E-state index contributed by atoms with van der Waals surface area (Å²) >= 11 is 1.72. The SMILES string of the molecule is CSc1ccc(N(C)C(=O)C2CC3CCCC(C2)C3N)cc1. The Morgan fingerprint density at radius 2 is 1.77 bits per heavy atom. The summed E-state index contributed by atoms with van der Waals surface area (Å²) in [6.07, 6.45) is 7.71. The Morgan fingerprint density at radius 1 is 1.18 bits per heavy atom. The van der Waals surface area contributed by atoms with Gasteiger partial charge in [0.2, 0.25) is 5.91 Å². The van der Waals surface area contributed by atoms with Crippen molar-refractivity contribution in [1.82, 2.24) is 0 Å². The van der Waals surface area contributed by atoms with Gasteiger partial charge in [0, 0.05) is 29.6 Å². The maximum atomic E-state index is 12.9. The number of rotatable bonds is 3. The van der Waals surface area contributed by atoms with Gasteiger partial charge in [0.15, 0.2) is 0 Å². The van der Waals surface area contributed by atoms with Gasteiger partial charge >= 0.3 is 0 Å². The molecule has 0 heterocycles. The number of anilines is 1. The monoisotopic (exact) mass is 318 g/mol. The Hall–Kier alpha value is -1.00. The summed E-state index contributed by atoms with van der Waals surface area (Å²) in [6, 6.07) is 8.56. The van der Waals surface area contributed by atoms with Gasteiger partial charge in [0.05, 0.1) is 0 Å². The van der Waals surface area contributed by atoms with Gasteiger partial charge in [-0.1, -0.05) is 6.42 Å². The summed E-state index contributed by atoms with van der Waals surface area (Å²) in [6.45, 7) is 0. The van der Waals surface area contributed by atoms with E-state index in [-0.39, 0.29) is 11.8 Å². The molecule has 0 aromatic heterocycles. The van der Waals surface area contributed by atoms with E-state index in [1.165, 1.54) is 24.2 Å². The highest BCUT2D eigenvalue weighted by Crippen LogP contribution is 2.42. The first-order valence-corrected chi connectivity index (χ1v) is 9.50. The van der Waals surface area contributed by atoms with Crippen molar-refractivity contribution in [3.8, 4) is 0 Å². The van der Waals surface area contributed by atoms with Crippen LogP contribution in [0.15, 0.2) is 29.2 Å². The van der Waals surface area contributed by atoms with Crippen LogP contribution in [-0.4, -0.2) is 25.3 Å². The van der Waals surface area contributed by atoms with Gasteiger partial charge in [-0.2, -0.15) is 0 Å². The van der Waals surface area contributed by atoms with Crippen LogP contribution in [-0.2, 0) is 4.79 Å². The van der Waals surface area contributed by atoms with Crippen LogP contribution in [0.4, 0.5) is 5.69 Å². The number of carbonyl (C=O) groups is 1. The third kappa shape index (κ3) is 3.04. The number of thioether (sulfide) groups is 1. The van der Waals surface area contributed by atoms with E-state index in [2.05, 4.69) is 18.4 Å². The van der Waals surface area contributed by atoms with Gasteiger partial charge in [-0.05, 0) is 68.0 Å². The average molecular weight is 318 g/mol. The summed E-state index contributed by atoms with van der Waals surface area (Å²) < 4.78 is 0. The van der Waals surface area contributed by atoms with Gasteiger partial charge in [0.25, 0.3) is 0 Å². The van der Waals surface area contributed by atoms with Gasteiger partial charge in [-0.25, -0.2) is 0 Å². The second-order valence-electron chi connectivity index (χ2n) is 6.79. The number of hydrogen-bond acceptors (Lipinski definition) is 3.